The van der Waals surface area contributed by atoms with Gasteiger partial charge in [-0.2, -0.15) is 0 Å². The number of carbonyl (C=O) groups excluding carboxylic acids is 2. The van der Waals surface area contributed by atoms with Crippen LogP contribution in [0.1, 0.15) is 47.5 Å². The molecular formula is C25H38FN3O5. The molecule has 1 N–H and O–H groups in total. The molecule has 0 spiro atoms. The molecular weight excluding hydrogens is 441 g/mol. The third kappa shape index (κ3) is 7.22. The number of hydrogen-bond donors (Lipinski definition) is 1. The molecule has 2 saturated heterocycles. The van der Waals surface area contributed by atoms with E-state index in [4.69, 9.17) is 14.2 Å². The van der Waals surface area contributed by atoms with Gasteiger partial charge in [0.05, 0.1) is 18.9 Å². The zero-order valence-electron chi connectivity index (χ0n) is 20.9. The van der Waals surface area contributed by atoms with Crippen molar-refractivity contribution in [1.29, 1.82) is 0 Å². The number of alkyl carbamates (subject to hydrolysis) is 1. The van der Waals surface area contributed by atoms with E-state index in [0.717, 1.165) is 5.69 Å². The number of nitrogens with one attached hydrogen (secondary N) is 1. The molecule has 0 bridgehead atoms. The van der Waals surface area contributed by atoms with Gasteiger partial charge in [-0.3, -0.25) is 4.79 Å². The fourth-order valence-electron chi connectivity index (χ4n) is 4.16. The Morgan fingerprint density at radius 1 is 1.12 bits per heavy atom. The van der Waals surface area contributed by atoms with Crippen molar-refractivity contribution in [1.82, 2.24) is 10.2 Å². The van der Waals surface area contributed by atoms with Gasteiger partial charge in [-0.15, -0.1) is 0 Å². The molecule has 1 aromatic carbocycles. The van der Waals surface area contributed by atoms with Crippen molar-refractivity contribution >= 4 is 17.7 Å². The number of halogens is 1. The topological polar surface area (TPSA) is 80.3 Å². The molecule has 8 nitrogen and oxygen atoms in total. The lowest BCUT2D eigenvalue weighted by Crippen LogP contribution is -2.54. The molecule has 2 amide bonds. The van der Waals surface area contributed by atoms with Crippen molar-refractivity contribution in [2.75, 3.05) is 44.3 Å². The van der Waals surface area contributed by atoms with Crippen LogP contribution >= 0.6 is 0 Å². The van der Waals surface area contributed by atoms with Gasteiger partial charge in [0.25, 0.3) is 0 Å². The maximum Gasteiger partial charge on any atom is 0.408 e. The molecule has 190 valence electrons. The minimum atomic E-state index is -0.655. The molecule has 2 aliphatic rings. The van der Waals surface area contributed by atoms with Crippen molar-refractivity contribution in [3.63, 3.8) is 0 Å². The molecule has 0 radical (unpaired) electrons. The zero-order chi connectivity index (χ0) is 24.9. The molecule has 0 unspecified atom stereocenters. The van der Waals surface area contributed by atoms with Gasteiger partial charge >= 0.3 is 6.09 Å². The molecule has 34 heavy (non-hydrogen) atoms. The average molecular weight is 480 g/mol. The SMILES string of the molecule is CC(C)[C@H](NC(=O)OC(C)(C)C)C(=O)N1CCC(Oc2ccc(F)cc2N2CCOCC2)CC1. The predicted molar refractivity (Wildman–Crippen MR) is 128 cm³/mol. The Morgan fingerprint density at radius 2 is 1.76 bits per heavy atom. The molecule has 2 heterocycles. The zero-order valence-corrected chi connectivity index (χ0v) is 20.9. The molecule has 0 aromatic heterocycles. The normalized spacial score (nSPS) is 18.6. The standard InChI is InChI=1S/C25H38FN3O5/c1-17(2)22(27-24(31)34-25(3,4)5)23(30)29-10-8-19(9-11-29)33-21-7-6-18(26)16-20(21)28-12-14-32-15-13-28/h6-7,16-17,19,22H,8-15H2,1-5H3,(H,27,31)/t22-/m0/s1. The van der Waals surface area contributed by atoms with Gasteiger partial charge in [-0.1, -0.05) is 13.8 Å². The number of hydrogen-bond acceptors (Lipinski definition) is 6. The molecule has 0 aliphatic carbocycles. The van der Waals surface area contributed by atoms with E-state index >= 15 is 0 Å². The Kier molecular flexibility index (Phi) is 8.62. The van der Waals surface area contributed by atoms with Gasteiger partial charge in [-0.05, 0) is 38.8 Å². The highest BCUT2D eigenvalue weighted by atomic mass is 19.1. The molecule has 0 saturated carbocycles. The first-order chi connectivity index (χ1) is 16.0. The van der Waals surface area contributed by atoms with Crippen LogP contribution < -0.4 is 15.0 Å². The minimum absolute atomic E-state index is 0.0781. The first kappa shape index (κ1) is 26.1. The summed E-state index contributed by atoms with van der Waals surface area (Å²) in [5, 5.41) is 2.74. The summed E-state index contributed by atoms with van der Waals surface area (Å²) < 4.78 is 31.0. The first-order valence-corrected chi connectivity index (χ1v) is 12.1. The van der Waals surface area contributed by atoms with E-state index in [1.165, 1.54) is 12.1 Å². The fraction of sp³-hybridized carbons (Fsp3) is 0.680. The van der Waals surface area contributed by atoms with Crippen LogP contribution in [0, 0.1) is 11.7 Å². The number of amides is 2. The number of nitrogens with zero attached hydrogens (tertiary/aromatic N) is 2. The summed E-state index contributed by atoms with van der Waals surface area (Å²) in [6.45, 7) is 12.8. The Morgan fingerprint density at radius 3 is 2.35 bits per heavy atom. The number of piperidine rings is 1. The van der Waals surface area contributed by atoms with Crippen molar-refractivity contribution < 1.29 is 28.2 Å². The quantitative estimate of drug-likeness (QED) is 0.672. The average Bonchev–Trinajstić information content (AvgIpc) is 2.78. The van der Waals surface area contributed by atoms with E-state index in [2.05, 4.69) is 10.2 Å². The second kappa shape index (κ2) is 11.3. The van der Waals surface area contributed by atoms with Gasteiger partial charge in [-0.25, -0.2) is 9.18 Å². The highest BCUT2D eigenvalue weighted by molar-refractivity contribution is 5.86. The van der Waals surface area contributed by atoms with Gasteiger partial charge in [0.2, 0.25) is 5.91 Å². The van der Waals surface area contributed by atoms with E-state index in [-0.39, 0.29) is 23.7 Å². The highest BCUT2D eigenvalue weighted by Crippen LogP contribution is 2.32. The van der Waals surface area contributed by atoms with Crippen molar-refractivity contribution in [2.45, 2.75) is 65.2 Å². The molecule has 3 rings (SSSR count). The smallest absolute Gasteiger partial charge is 0.408 e. The number of carbonyl (C=O) groups is 2. The van der Waals surface area contributed by atoms with Crippen LogP contribution in [0.25, 0.3) is 0 Å². The summed E-state index contributed by atoms with van der Waals surface area (Å²) in [5.41, 5.74) is 0.105. The summed E-state index contributed by atoms with van der Waals surface area (Å²) in [6, 6.07) is 3.94. The number of rotatable bonds is 6. The Balaban J connectivity index is 1.58. The number of likely N-dealkylation sites (tertiary alicyclic amines) is 1. The third-order valence-corrected chi connectivity index (χ3v) is 5.93. The largest absolute Gasteiger partial charge is 0.488 e. The monoisotopic (exact) mass is 479 g/mol. The minimum Gasteiger partial charge on any atom is -0.488 e. The van der Waals surface area contributed by atoms with Crippen LogP contribution in [0.5, 0.6) is 5.75 Å². The molecule has 2 aliphatic heterocycles. The van der Waals surface area contributed by atoms with Crippen molar-refractivity contribution in [3.05, 3.63) is 24.0 Å². The lowest BCUT2D eigenvalue weighted by molar-refractivity contribution is -0.136. The molecule has 9 heteroatoms. The molecule has 2 fully saturated rings. The lowest BCUT2D eigenvalue weighted by Gasteiger charge is -2.36. The van der Waals surface area contributed by atoms with E-state index in [1.807, 2.05) is 13.8 Å². The van der Waals surface area contributed by atoms with Crippen LogP contribution in [0.2, 0.25) is 0 Å². The fourth-order valence-corrected chi connectivity index (χ4v) is 4.16. The summed E-state index contributed by atoms with van der Waals surface area (Å²) in [5.74, 6) is 0.158. The summed E-state index contributed by atoms with van der Waals surface area (Å²) in [6.07, 6.45) is 0.640. The van der Waals surface area contributed by atoms with Crippen LogP contribution in [-0.2, 0) is 14.3 Å². The summed E-state index contributed by atoms with van der Waals surface area (Å²) in [7, 11) is 0. The van der Waals surface area contributed by atoms with Crippen molar-refractivity contribution in [2.24, 2.45) is 5.92 Å². The van der Waals surface area contributed by atoms with E-state index in [1.54, 1.807) is 31.7 Å². The van der Waals surface area contributed by atoms with Crippen LogP contribution in [-0.4, -0.2) is 74.0 Å². The van der Waals surface area contributed by atoms with Gasteiger partial charge in [0.1, 0.15) is 29.3 Å². The number of morpholine rings is 1. The number of benzene rings is 1. The molecule has 1 aromatic rings. The first-order valence-electron chi connectivity index (χ1n) is 12.1. The van der Waals surface area contributed by atoms with Crippen LogP contribution in [0.3, 0.4) is 0 Å². The third-order valence-electron chi connectivity index (χ3n) is 5.93. The van der Waals surface area contributed by atoms with Crippen LogP contribution in [0.15, 0.2) is 18.2 Å². The van der Waals surface area contributed by atoms with Gasteiger partial charge in [0.15, 0.2) is 0 Å². The van der Waals surface area contributed by atoms with Gasteiger partial charge < -0.3 is 29.3 Å². The van der Waals surface area contributed by atoms with E-state index in [0.29, 0.717) is 58.0 Å². The highest BCUT2D eigenvalue weighted by Gasteiger charge is 2.33. The number of anilines is 1. The Hall–Kier alpha value is -2.55. The van der Waals surface area contributed by atoms with E-state index in [9.17, 15) is 14.0 Å². The van der Waals surface area contributed by atoms with Gasteiger partial charge in [0, 0.05) is 45.1 Å². The maximum absolute atomic E-state index is 13.9. The Bertz CT molecular complexity index is 843. The lowest BCUT2D eigenvalue weighted by atomic mass is 10.0. The maximum atomic E-state index is 13.9. The van der Waals surface area contributed by atoms with Crippen molar-refractivity contribution in [3.8, 4) is 5.75 Å². The van der Waals surface area contributed by atoms with Crippen LogP contribution in [0.4, 0.5) is 14.9 Å². The second-order valence-corrected chi connectivity index (χ2v) is 10.2. The summed E-state index contributed by atoms with van der Waals surface area (Å²) in [4.78, 5) is 29.3. The predicted octanol–water partition coefficient (Wildman–Crippen LogP) is 3.58. The van der Waals surface area contributed by atoms with E-state index < -0.39 is 17.7 Å². The molecule has 1 atom stereocenters. The summed E-state index contributed by atoms with van der Waals surface area (Å²) >= 11 is 0. The second-order valence-electron chi connectivity index (χ2n) is 10.2. The Labute approximate surface area is 201 Å². The number of ether oxygens (including phenoxy) is 3.